The van der Waals surface area contributed by atoms with Gasteiger partial charge >= 0.3 is 12.2 Å². The van der Waals surface area contributed by atoms with E-state index >= 15 is 0 Å². The molecule has 31 heteroatoms. The number of methoxy groups -OCH3 is 1. The van der Waals surface area contributed by atoms with Crippen molar-refractivity contribution in [2.24, 2.45) is 23.5 Å². The third-order valence-electron chi connectivity index (χ3n) is 17.9. The maximum atomic E-state index is 14.0. The summed E-state index contributed by atoms with van der Waals surface area (Å²) >= 11 is 6.49. The number of ketones is 2. The van der Waals surface area contributed by atoms with Crippen molar-refractivity contribution < 1.29 is 84.5 Å². The SMILES string of the molecule is CNC(=O)[C@H](CCCNC(N)=O)CC(=O)C(NC(=O)CCOCCOCCOCCOCCNC(=O)[C@@H](CC(=O)CCn1c(CN(C)NC)cc2ccccc21)CS(=O)(=O)O)C(C)C.COc1c(C)cc2cc(C(=O)N3C[C@@H](CCl)c4c3cc(OCc3ccc(C)cc3)c3[nH]c(C)cc43)[nH]c2c1C.O=C=O. The summed E-state index contributed by atoms with van der Waals surface area (Å²) in [5, 5.41) is 15.3. The summed E-state index contributed by atoms with van der Waals surface area (Å²) in [6.45, 7) is 15.6. The number of primary amides is 1. The van der Waals surface area contributed by atoms with Crippen molar-refractivity contribution >= 4 is 107 Å². The van der Waals surface area contributed by atoms with Crippen LogP contribution in [0.15, 0.2) is 78.9 Å². The number of carbonyl (C=O) groups excluding carboxylic acids is 9. The predicted molar refractivity (Wildman–Crippen MR) is 401 cm³/mol. The van der Waals surface area contributed by atoms with Crippen molar-refractivity contribution in [3.05, 3.63) is 124 Å². The first-order chi connectivity index (χ1) is 50.6. The van der Waals surface area contributed by atoms with Gasteiger partial charge in [-0.05, 0) is 106 Å². The number of halogens is 1. The van der Waals surface area contributed by atoms with Crippen LogP contribution >= 0.6 is 11.6 Å². The molecule has 10 N–H and O–H groups in total. The average molecular weight is 1510 g/mol. The van der Waals surface area contributed by atoms with E-state index < -0.39 is 45.7 Å². The number of aromatic nitrogens is 3. The maximum Gasteiger partial charge on any atom is 0.373 e. The number of anilines is 1. The summed E-state index contributed by atoms with van der Waals surface area (Å²) in [6.07, 6.45) is 0.728. The van der Waals surface area contributed by atoms with E-state index in [1.54, 1.807) is 28.0 Å². The highest BCUT2D eigenvalue weighted by atomic mass is 35.5. The minimum Gasteiger partial charge on any atom is -0.496 e. The monoisotopic (exact) mass is 1510 g/mol. The smallest absolute Gasteiger partial charge is 0.373 e. The second-order valence-electron chi connectivity index (χ2n) is 26.2. The number of Topliss-reactive ketones (excluding diaryl/α,β-unsaturated/α-hetero) is 2. The van der Waals surface area contributed by atoms with Crippen LogP contribution in [-0.4, -0.2) is 198 Å². The van der Waals surface area contributed by atoms with Gasteiger partial charge < -0.3 is 74.9 Å². The molecule has 1 unspecified atom stereocenters. The lowest BCUT2D eigenvalue weighted by atomic mass is 9.89. The van der Waals surface area contributed by atoms with Crippen molar-refractivity contribution in [2.75, 3.05) is 117 Å². The highest BCUT2D eigenvalue weighted by molar-refractivity contribution is 7.85. The molecule has 6 amide bonds. The van der Waals surface area contributed by atoms with Crippen molar-refractivity contribution in [3.63, 3.8) is 0 Å². The number of fused-ring (bicyclic) bond motifs is 5. The number of urea groups is 1. The van der Waals surface area contributed by atoms with E-state index in [0.717, 1.165) is 83.5 Å². The van der Waals surface area contributed by atoms with Crippen LogP contribution in [0.4, 0.5) is 10.5 Å². The van der Waals surface area contributed by atoms with E-state index in [1.165, 1.54) is 12.6 Å². The number of ether oxygens (including phenoxy) is 6. The molecule has 4 atom stereocenters. The van der Waals surface area contributed by atoms with Crippen molar-refractivity contribution in [2.45, 2.75) is 112 Å². The van der Waals surface area contributed by atoms with Gasteiger partial charge in [-0.25, -0.2) is 9.80 Å². The Kier molecular flexibility index (Phi) is 34.8. The molecule has 0 bridgehead atoms. The molecule has 0 saturated heterocycles. The van der Waals surface area contributed by atoms with Gasteiger partial charge in [-0.2, -0.15) is 18.0 Å². The molecule has 0 radical (unpaired) electrons. The average Bonchev–Trinajstić information content (AvgIpc) is 1.58. The topological polar surface area (TPSA) is 393 Å². The zero-order valence-electron chi connectivity index (χ0n) is 62.0. The van der Waals surface area contributed by atoms with E-state index in [-0.39, 0.29) is 139 Å². The lowest BCUT2D eigenvalue weighted by molar-refractivity contribution is -0.191. The molecular weight excluding hydrogens is 1410 g/mol. The number of aromatic amines is 2. The van der Waals surface area contributed by atoms with Gasteiger partial charge in [-0.3, -0.25) is 38.7 Å². The molecule has 1 aliphatic heterocycles. The fourth-order valence-corrected chi connectivity index (χ4v) is 13.7. The number of hydrogen-bond acceptors (Lipinski definition) is 19. The molecule has 578 valence electrons. The molecule has 29 nitrogen and oxygen atoms in total. The van der Waals surface area contributed by atoms with Crippen LogP contribution in [0, 0.1) is 45.4 Å². The maximum absolute atomic E-state index is 14.0. The number of benzene rings is 4. The van der Waals surface area contributed by atoms with Gasteiger partial charge in [0.2, 0.25) is 17.7 Å². The number of para-hydroxylation sites is 1. The highest BCUT2D eigenvalue weighted by Crippen LogP contribution is 2.47. The van der Waals surface area contributed by atoms with Gasteiger partial charge in [-0.15, -0.1) is 11.6 Å². The Morgan fingerprint density at radius 2 is 1.44 bits per heavy atom. The summed E-state index contributed by atoms with van der Waals surface area (Å²) in [5.41, 5.74) is 19.7. The van der Waals surface area contributed by atoms with Gasteiger partial charge in [0.1, 0.15) is 29.6 Å². The summed E-state index contributed by atoms with van der Waals surface area (Å²) in [4.78, 5) is 114. The third-order valence-corrected chi connectivity index (χ3v) is 19.1. The van der Waals surface area contributed by atoms with Crippen molar-refractivity contribution in [3.8, 4) is 11.5 Å². The Morgan fingerprint density at radius 3 is 2.07 bits per heavy atom. The molecule has 4 aromatic carbocycles. The van der Waals surface area contributed by atoms with E-state index in [2.05, 4.69) is 80.0 Å². The number of rotatable bonds is 42. The lowest BCUT2D eigenvalue weighted by Gasteiger charge is -2.23. The Labute approximate surface area is 623 Å². The van der Waals surface area contributed by atoms with Crippen LogP contribution in [0.5, 0.6) is 11.5 Å². The van der Waals surface area contributed by atoms with Gasteiger partial charge in [0.15, 0.2) is 5.78 Å². The number of alkyl halides is 1. The Bertz CT molecular complexity index is 4250. The fourth-order valence-electron chi connectivity index (χ4n) is 12.6. The van der Waals surface area contributed by atoms with Crippen LogP contribution in [0.2, 0.25) is 0 Å². The first kappa shape index (κ1) is 85.9. The van der Waals surface area contributed by atoms with E-state index in [0.29, 0.717) is 50.7 Å². The minimum atomic E-state index is -4.54. The number of hydrazine groups is 1. The molecule has 3 aromatic heterocycles. The molecule has 0 fully saturated rings. The van der Waals surface area contributed by atoms with Crippen LogP contribution in [0.25, 0.3) is 32.7 Å². The number of carbonyl (C=O) groups is 7. The number of aryl methyl sites for hydroxylation is 5. The van der Waals surface area contributed by atoms with Crippen LogP contribution in [-0.2, 0) is 82.3 Å². The molecular formula is C75H102ClN11O18S. The zero-order chi connectivity index (χ0) is 77.6. The number of nitrogens with zero attached hydrogens (tertiary/aromatic N) is 3. The quantitative estimate of drug-likeness (QED) is 0.00777. The lowest BCUT2D eigenvalue weighted by Crippen LogP contribution is -2.46. The molecule has 0 aliphatic carbocycles. The van der Waals surface area contributed by atoms with Crippen molar-refractivity contribution in [1.82, 2.24) is 46.2 Å². The van der Waals surface area contributed by atoms with Gasteiger partial charge in [0.05, 0.1) is 101 Å². The summed E-state index contributed by atoms with van der Waals surface area (Å²) in [5.74, 6) is -3.01. The summed E-state index contributed by atoms with van der Waals surface area (Å²) in [6, 6.07) is 24.8. The van der Waals surface area contributed by atoms with Crippen molar-refractivity contribution in [1.29, 1.82) is 0 Å². The van der Waals surface area contributed by atoms with E-state index in [4.69, 9.17) is 55.3 Å². The summed E-state index contributed by atoms with van der Waals surface area (Å²) < 4.78 is 68.8. The normalized spacial score (nSPS) is 13.5. The molecule has 106 heavy (non-hydrogen) atoms. The van der Waals surface area contributed by atoms with Crippen LogP contribution in [0.3, 0.4) is 0 Å². The fraction of sp³-hybridized carbons (Fsp3) is 0.493. The predicted octanol–water partition coefficient (Wildman–Crippen LogP) is 7.41. The second kappa shape index (κ2) is 42.9. The first-order valence-electron chi connectivity index (χ1n) is 35.1. The Hall–Kier alpha value is -9.07. The molecule has 0 saturated carbocycles. The van der Waals surface area contributed by atoms with E-state index in [9.17, 15) is 46.5 Å². The zero-order valence-corrected chi connectivity index (χ0v) is 63.6. The van der Waals surface area contributed by atoms with Crippen LogP contribution < -0.4 is 46.8 Å². The molecule has 0 spiro atoms. The molecule has 1 aliphatic rings. The summed E-state index contributed by atoms with van der Waals surface area (Å²) in [7, 11) is 2.31. The molecule has 4 heterocycles. The van der Waals surface area contributed by atoms with Gasteiger partial charge in [0.25, 0.3) is 16.0 Å². The third kappa shape index (κ3) is 25.9. The van der Waals surface area contributed by atoms with E-state index in [1.807, 2.05) is 84.8 Å². The standard InChI is InChI=1S/C42H70N8O13S.C32H32ClN3O3.CO2/c1-30(2)39(37(52)27-32(40(54)44-3)10-8-14-47-42(43)56)48-38(53)13-17-60-19-21-62-23-24-63-22-20-61-18-15-46-41(55)33(29-64(57,58)59)26-35(51)12-16-50-34(28-49(5)45-4)25-31-9-6-7-11-36(31)50;1-17-6-8-21(9-7-17)16-39-27-13-26-28(24-11-19(3)34-30(24)27)23(14-33)15-36(26)32(37)25-12-22-10-18(2)31(38-5)20(4)29(22)35-25;2-1-3/h6-7,9,11,25,30,32-33,39,45H,8,10,12-24,26-29H2,1-5H3,(H,44,54)(H,46,55)(H,48,53)(H3,43,47,56)(H,57,58,59);6-13,23,34-35H,14-16H2,1-5H3;/t32-,33+,39?;23-;/m11./s1. The molecule has 8 rings (SSSR count). The highest BCUT2D eigenvalue weighted by Gasteiger charge is 2.37. The van der Waals surface area contributed by atoms with Crippen LogP contribution in [0.1, 0.15) is 108 Å². The minimum absolute atomic E-state index is 0.0166. The number of hydrogen-bond donors (Lipinski definition) is 9. The number of H-pyrrole nitrogens is 2. The number of nitrogens with one attached hydrogen (secondary N) is 7. The second-order valence-corrected chi connectivity index (χ2v) is 28.0. The number of nitrogens with two attached hydrogens (primary N) is 1. The molecule has 7 aromatic rings. The largest absolute Gasteiger partial charge is 0.496 e. The van der Waals surface area contributed by atoms with Gasteiger partial charge in [-0.1, -0.05) is 61.9 Å². The first-order valence-corrected chi connectivity index (χ1v) is 37.3. The number of amides is 6. The van der Waals surface area contributed by atoms with Gasteiger partial charge in [0, 0.05) is 123 Å². The Balaban J connectivity index is 0.000000353. The Morgan fingerprint density at radius 1 is 0.783 bits per heavy atom.